The fourth-order valence-corrected chi connectivity index (χ4v) is 9.32. The van der Waals surface area contributed by atoms with Crippen LogP contribution < -0.4 is 0 Å². The van der Waals surface area contributed by atoms with Gasteiger partial charge in [0.05, 0.1) is 0 Å². The van der Waals surface area contributed by atoms with Gasteiger partial charge in [-0.25, -0.2) is 0 Å². The number of hydrogen-bond donors (Lipinski definition) is 0. The maximum absolute atomic E-state index is 12.9. The maximum atomic E-state index is 12.9. The summed E-state index contributed by atoms with van der Waals surface area (Å²) in [6, 6.07) is 0. The fourth-order valence-electron chi connectivity index (χ4n) is 9.32. The van der Waals surface area contributed by atoms with Crippen LogP contribution in [-0.2, 0) is 28.6 Å². The molecule has 0 saturated carbocycles. The third-order valence-electron chi connectivity index (χ3n) is 14.3. The first-order valence-electron chi connectivity index (χ1n) is 33.2. The van der Waals surface area contributed by atoms with Crippen LogP contribution in [0.3, 0.4) is 0 Å². The Kier molecular flexibility index (Phi) is 62.7. The highest BCUT2D eigenvalue weighted by Gasteiger charge is 2.19. The summed E-state index contributed by atoms with van der Waals surface area (Å²) in [4.78, 5) is 38.4. The monoisotopic (exact) mass is 1080 g/mol. The van der Waals surface area contributed by atoms with Crippen LogP contribution in [0.4, 0.5) is 0 Å². The van der Waals surface area contributed by atoms with Gasteiger partial charge in [-0.05, 0) is 122 Å². The summed E-state index contributed by atoms with van der Waals surface area (Å²) in [5.41, 5.74) is 0. The third-order valence-corrected chi connectivity index (χ3v) is 14.3. The van der Waals surface area contributed by atoms with E-state index in [4.69, 9.17) is 14.2 Å². The van der Waals surface area contributed by atoms with Gasteiger partial charge in [-0.1, -0.05) is 279 Å². The van der Waals surface area contributed by atoms with E-state index in [-0.39, 0.29) is 31.1 Å². The molecule has 1 unspecified atom stereocenters. The van der Waals surface area contributed by atoms with Crippen molar-refractivity contribution in [2.24, 2.45) is 0 Å². The molecule has 0 aliphatic heterocycles. The Bertz CT molecular complexity index is 1530. The lowest BCUT2D eigenvalue weighted by Crippen LogP contribution is -2.30. The molecule has 0 bridgehead atoms. The molecular formula is C72H124O6. The van der Waals surface area contributed by atoms with Crippen molar-refractivity contribution in [3.05, 3.63) is 97.2 Å². The minimum Gasteiger partial charge on any atom is -0.462 e. The van der Waals surface area contributed by atoms with Crippen LogP contribution in [-0.4, -0.2) is 37.2 Å². The Balaban J connectivity index is 4.41. The molecule has 0 saturated heterocycles. The van der Waals surface area contributed by atoms with E-state index in [1.165, 1.54) is 167 Å². The summed E-state index contributed by atoms with van der Waals surface area (Å²) in [7, 11) is 0. The van der Waals surface area contributed by atoms with E-state index in [1.54, 1.807) is 0 Å². The number of esters is 3. The molecule has 0 aromatic rings. The molecule has 6 nitrogen and oxygen atoms in total. The normalized spacial score (nSPS) is 12.7. The minimum atomic E-state index is -0.791. The van der Waals surface area contributed by atoms with Gasteiger partial charge < -0.3 is 14.2 Å². The lowest BCUT2D eigenvalue weighted by atomic mass is 10.1. The van der Waals surface area contributed by atoms with E-state index >= 15 is 0 Å². The molecule has 0 spiro atoms. The van der Waals surface area contributed by atoms with E-state index in [2.05, 4.69) is 118 Å². The number of allylic oxidation sites excluding steroid dienone is 16. The Labute approximate surface area is 483 Å². The lowest BCUT2D eigenvalue weighted by molar-refractivity contribution is -0.167. The smallest absolute Gasteiger partial charge is 0.306 e. The molecule has 0 heterocycles. The van der Waals surface area contributed by atoms with Gasteiger partial charge in [0.15, 0.2) is 6.10 Å². The summed E-state index contributed by atoms with van der Waals surface area (Å²) in [5.74, 6) is -0.898. The van der Waals surface area contributed by atoms with Crippen molar-refractivity contribution in [2.75, 3.05) is 13.2 Å². The van der Waals surface area contributed by atoms with Crippen LogP contribution in [0.1, 0.15) is 323 Å². The maximum Gasteiger partial charge on any atom is 0.306 e. The Hall–Kier alpha value is -3.67. The Morgan fingerprint density at radius 3 is 0.795 bits per heavy atom. The molecule has 6 heteroatoms. The average Bonchev–Trinajstić information content (AvgIpc) is 3.44. The quantitative estimate of drug-likeness (QED) is 0.0261. The average molecular weight is 1090 g/mol. The zero-order valence-corrected chi connectivity index (χ0v) is 51.4. The first-order chi connectivity index (χ1) is 38.5. The van der Waals surface area contributed by atoms with Gasteiger partial charge >= 0.3 is 17.9 Å². The second kappa shape index (κ2) is 65.8. The van der Waals surface area contributed by atoms with Gasteiger partial charge in [-0.2, -0.15) is 0 Å². The van der Waals surface area contributed by atoms with E-state index in [0.717, 1.165) is 116 Å². The molecule has 0 radical (unpaired) electrons. The molecule has 1 atom stereocenters. The van der Waals surface area contributed by atoms with Crippen molar-refractivity contribution in [3.63, 3.8) is 0 Å². The number of ether oxygens (including phenoxy) is 3. The standard InChI is InChI=1S/C72H124O6/c1-4-7-10-13-16-19-22-25-28-31-33-35-36-38-39-41-44-47-50-53-56-59-62-65-71(74)77-68-69(67-76-70(73)64-61-58-55-52-49-46-43-30-27-24-21-18-15-12-9-6-3)78-72(75)66-63-60-57-54-51-48-45-42-40-37-34-32-29-26-23-20-17-14-11-8-5-2/h8,11,17,20,22,25-26,29-31,33-34,36-38,43,69H,4-7,9-10,12-16,18-19,21,23-24,27-28,32,35,39-42,44-68H2,1-3H3/b11-8-,20-17-,25-22-,29-26-,33-31-,37-34-,38-36-,43-30-. The number of carbonyl (C=O) groups is 3. The molecule has 0 aromatic heterocycles. The topological polar surface area (TPSA) is 78.9 Å². The van der Waals surface area contributed by atoms with Crippen molar-refractivity contribution < 1.29 is 28.6 Å². The highest BCUT2D eigenvalue weighted by atomic mass is 16.6. The highest BCUT2D eigenvalue weighted by molar-refractivity contribution is 5.71. The molecule has 78 heavy (non-hydrogen) atoms. The van der Waals surface area contributed by atoms with E-state index in [1.807, 2.05) is 0 Å². The van der Waals surface area contributed by atoms with E-state index in [9.17, 15) is 14.4 Å². The molecule has 0 aromatic carbocycles. The van der Waals surface area contributed by atoms with Crippen LogP contribution in [0.5, 0.6) is 0 Å². The summed E-state index contributed by atoms with van der Waals surface area (Å²) < 4.78 is 17.0. The zero-order valence-electron chi connectivity index (χ0n) is 51.4. The van der Waals surface area contributed by atoms with Crippen molar-refractivity contribution in [3.8, 4) is 0 Å². The van der Waals surface area contributed by atoms with Crippen molar-refractivity contribution in [1.29, 1.82) is 0 Å². The van der Waals surface area contributed by atoms with E-state index in [0.29, 0.717) is 19.3 Å². The zero-order chi connectivity index (χ0) is 56.4. The molecule has 0 amide bonds. The molecule has 0 rings (SSSR count). The molecular weight excluding hydrogens is 961 g/mol. The van der Waals surface area contributed by atoms with Gasteiger partial charge in [0, 0.05) is 19.3 Å². The van der Waals surface area contributed by atoms with Crippen LogP contribution in [0.25, 0.3) is 0 Å². The fraction of sp³-hybridized carbons (Fsp3) is 0.736. The van der Waals surface area contributed by atoms with Crippen molar-refractivity contribution in [1.82, 2.24) is 0 Å². The lowest BCUT2D eigenvalue weighted by Gasteiger charge is -2.18. The van der Waals surface area contributed by atoms with Crippen LogP contribution >= 0.6 is 0 Å². The minimum absolute atomic E-state index is 0.0868. The summed E-state index contributed by atoms with van der Waals surface area (Å²) in [6.07, 6.45) is 88.4. The Morgan fingerprint density at radius 1 is 0.269 bits per heavy atom. The number of carbonyl (C=O) groups excluding carboxylic acids is 3. The van der Waals surface area contributed by atoms with E-state index < -0.39 is 6.10 Å². The first kappa shape index (κ1) is 74.3. The van der Waals surface area contributed by atoms with Crippen LogP contribution in [0.2, 0.25) is 0 Å². The molecule has 0 aliphatic rings. The second-order valence-electron chi connectivity index (χ2n) is 22.0. The number of rotatable bonds is 60. The largest absolute Gasteiger partial charge is 0.462 e. The van der Waals surface area contributed by atoms with Gasteiger partial charge in [-0.3, -0.25) is 14.4 Å². The number of unbranched alkanes of at least 4 members (excludes halogenated alkanes) is 33. The molecule has 448 valence electrons. The summed E-state index contributed by atoms with van der Waals surface area (Å²) in [5, 5.41) is 0. The predicted octanol–water partition coefficient (Wildman–Crippen LogP) is 22.8. The number of hydrogen-bond acceptors (Lipinski definition) is 6. The second-order valence-corrected chi connectivity index (χ2v) is 22.0. The Morgan fingerprint density at radius 2 is 0.500 bits per heavy atom. The van der Waals surface area contributed by atoms with Crippen LogP contribution in [0, 0.1) is 0 Å². The van der Waals surface area contributed by atoms with Gasteiger partial charge in [0.2, 0.25) is 0 Å². The van der Waals surface area contributed by atoms with Gasteiger partial charge in [-0.15, -0.1) is 0 Å². The molecule has 0 fully saturated rings. The van der Waals surface area contributed by atoms with Gasteiger partial charge in [0.25, 0.3) is 0 Å². The van der Waals surface area contributed by atoms with Gasteiger partial charge in [0.1, 0.15) is 13.2 Å². The highest BCUT2D eigenvalue weighted by Crippen LogP contribution is 2.16. The SMILES string of the molecule is CC/C=C\C/C=C\C/C=C\C/C=C\CCCCCCCCCCC(=O)OC(COC(=O)CCCCCCC/C=C\CCCCCCCCC)COC(=O)CCCCCCCCCC/C=C\C/C=C\C/C=C\CCCCCCC. The molecule has 0 N–H and O–H groups in total. The van der Waals surface area contributed by atoms with Crippen molar-refractivity contribution in [2.45, 2.75) is 329 Å². The molecule has 0 aliphatic carbocycles. The third kappa shape index (κ3) is 63.2. The van der Waals surface area contributed by atoms with Crippen molar-refractivity contribution >= 4 is 17.9 Å². The summed E-state index contributed by atoms with van der Waals surface area (Å²) >= 11 is 0. The predicted molar refractivity (Wildman–Crippen MR) is 339 cm³/mol. The van der Waals surface area contributed by atoms with Crippen LogP contribution in [0.15, 0.2) is 97.2 Å². The summed E-state index contributed by atoms with van der Waals surface area (Å²) in [6.45, 7) is 6.53. The first-order valence-corrected chi connectivity index (χ1v) is 33.2.